The normalized spacial score (nSPS) is 16.1. The molecule has 0 aromatic carbocycles. The van der Waals surface area contributed by atoms with E-state index in [-0.39, 0.29) is 6.42 Å². The van der Waals surface area contributed by atoms with E-state index in [1.54, 1.807) is 20.8 Å². The minimum atomic E-state index is -3.73. The van der Waals surface area contributed by atoms with E-state index in [2.05, 4.69) is 4.72 Å². The van der Waals surface area contributed by atoms with Gasteiger partial charge in [0.05, 0.1) is 0 Å². The standard InChI is InChI=1S/C9H20N2O4S/c1-5-9(4,8(12)13)10-16(14,15)11(6-2)7-3/h10H,5-7H2,1-4H3,(H,12,13). The summed E-state index contributed by atoms with van der Waals surface area (Å²) in [5.74, 6) is -1.18. The Labute approximate surface area is 96.8 Å². The zero-order valence-electron chi connectivity index (χ0n) is 10.1. The van der Waals surface area contributed by atoms with Crippen molar-refractivity contribution < 1.29 is 18.3 Å². The molecule has 0 aliphatic heterocycles. The number of carboxylic acids is 1. The number of carboxylic acid groups (broad SMARTS) is 1. The smallest absolute Gasteiger partial charge is 0.324 e. The molecule has 16 heavy (non-hydrogen) atoms. The fraction of sp³-hybridized carbons (Fsp3) is 0.889. The summed E-state index contributed by atoms with van der Waals surface area (Å²) in [5, 5.41) is 8.98. The molecule has 2 N–H and O–H groups in total. The SMILES string of the molecule is CCN(CC)S(=O)(=O)NC(C)(CC)C(=O)O. The quantitative estimate of drug-likeness (QED) is 0.687. The first kappa shape index (κ1) is 15.3. The van der Waals surface area contributed by atoms with E-state index in [1.807, 2.05) is 0 Å². The maximum absolute atomic E-state index is 11.8. The Balaban J connectivity index is 5.02. The Morgan fingerprint density at radius 3 is 2.00 bits per heavy atom. The molecule has 0 aromatic heterocycles. The van der Waals surface area contributed by atoms with Crippen LogP contribution in [0.5, 0.6) is 0 Å². The van der Waals surface area contributed by atoms with E-state index in [4.69, 9.17) is 5.11 Å². The van der Waals surface area contributed by atoms with Crippen molar-refractivity contribution in [1.82, 2.24) is 9.03 Å². The lowest BCUT2D eigenvalue weighted by Crippen LogP contribution is -2.55. The van der Waals surface area contributed by atoms with Crippen molar-refractivity contribution in [3.05, 3.63) is 0 Å². The van der Waals surface area contributed by atoms with Crippen LogP contribution >= 0.6 is 0 Å². The zero-order chi connectivity index (χ0) is 13.0. The molecule has 96 valence electrons. The fourth-order valence-electron chi connectivity index (χ4n) is 1.18. The Morgan fingerprint density at radius 1 is 1.31 bits per heavy atom. The van der Waals surface area contributed by atoms with Crippen molar-refractivity contribution in [3.8, 4) is 0 Å². The first-order valence-electron chi connectivity index (χ1n) is 5.26. The lowest BCUT2D eigenvalue weighted by Gasteiger charge is -2.28. The Kier molecular flexibility index (Phi) is 5.37. The molecular weight excluding hydrogens is 232 g/mol. The second kappa shape index (κ2) is 5.60. The van der Waals surface area contributed by atoms with Crippen molar-refractivity contribution in [2.45, 2.75) is 39.7 Å². The molecule has 0 aliphatic carbocycles. The maximum Gasteiger partial charge on any atom is 0.324 e. The van der Waals surface area contributed by atoms with E-state index in [0.29, 0.717) is 13.1 Å². The van der Waals surface area contributed by atoms with Gasteiger partial charge >= 0.3 is 5.97 Å². The first-order valence-corrected chi connectivity index (χ1v) is 6.70. The zero-order valence-corrected chi connectivity index (χ0v) is 11.0. The molecule has 6 nitrogen and oxygen atoms in total. The molecule has 0 saturated heterocycles. The highest BCUT2D eigenvalue weighted by Gasteiger charge is 2.37. The third-order valence-corrected chi connectivity index (χ3v) is 4.48. The summed E-state index contributed by atoms with van der Waals surface area (Å²) in [7, 11) is -3.73. The molecule has 0 heterocycles. The summed E-state index contributed by atoms with van der Waals surface area (Å²) in [4.78, 5) is 11.0. The van der Waals surface area contributed by atoms with Crippen molar-refractivity contribution in [2.75, 3.05) is 13.1 Å². The molecule has 0 spiro atoms. The van der Waals surface area contributed by atoms with Crippen LogP contribution in [-0.2, 0) is 15.0 Å². The highest BCUT2D eigenvalue weighted by atomic mass is 32.2. The molecule has 7 heteroatoms. The number of hydrogen-bond acceptors (Lipinski definition) is 3. The molecule has 0 aliphatic rings. The first-order chi connectivity index (χ1) is 7.23. The lowest BCUT2D eigenvalue weighted by molar-refractivity contribution is -0.143. The van der Waals surface area contributed by atoms with Gasteiger partial charge in [-0.15, -0.1) is 0 Å². The summed E-state index contributed by atoms with van der Waals surface area (Å²) in [6.07, 6.45) is 0.183. The van der Waals surface area contributed by atoms with Crippen molar-refractivity contribution >= 4 is 16.2 Å². The van der Waals surface area contributed by atoms with E-state index >= 15 is 0 Å². The number of carbonyl (C=O) groups is 1. The Hall–Kier alpha value is -0.660. The predicted molar refractivity (Wildman–Crippen MR) is 61.3 cm³/mol. The second-order valence-electron chi connectivity index (χ2n) is 3.68. The molecule has 0 saturated carbocycles. The van der Waals surface area contributed by atoms with Gasteiger partial charge in [-0.2, -0.15) is 17.4 Å². The molecule has 1 unspecified atom stereocenters. The average Bonchev–Trinajstić information content (AvgIpc) is 2.17. The van der Waals surface area contributed by atoms with Gasteiger partial charge in [0.2, 0.25) is 0 Å². The Bertz CT molecular complexity index is 337. The molecule has 0 bridgehead atoms. The molecular formula is C9H20N2O4S. The van der Waals surface area contributed by atoms with E-state index in [9.17, 15) is 13.2 Å². The van der Waals surface area contributed by atoms with Gasteiger partial charge in [0.25, 0.3) is 10.2 Å². The van der Waals surface area contributed by atoms with Crippen LogP contribution in [0, 0.1) is 0 Å². The van der Waals surface area contributed by atoms with Gasteiger partial charge in [-0.1, -0.05) is 20.8 Å². The van der Waals surface area contributed by atoms with Gasteiger partial charge in [0.1, 0.15) is 5.54 Å². The topological polar surface area (TPSA) is 86.7 Å². The average molecular weight is 252 g/mol. The van der Waals surface area contributed by atoms with E-state index < -0.39 is 21.7 Å². The van der Waals surface area contributed by atoms with Crippen LogP contribution in [0.4, 0.5) is 0 Å². The highest BCUT2D eigenvalue weighted by molar-refractivity contribution is 7.87. The van der Waals surface area contributed by atoms with Gasteiger partial charge in [0.15, 0.2) is 0 Å². The molecule has 1 atom stereocenters. The lowest BCUT2D eigenvalue weighted by atomic mass is 10.0. The highest BCUT2D eigenvalue weighted by Crippen LogP contribution is 2.12. The third-order valence-electron chi connectivity index (χ3n) is 2.58. The van der Waals surface area contributed by atoms with Crippen LogP contribution < -0.4 is 4.72 Å². The van der Waals surface area contributed by atoms with E-state index in [1.165, 1.54) is 11.2 Å². The van der Waals surface area contributed by atoms with Crippen LogP contribution in [0.1, 0.15) is 34.1 Å². The van der Waals surface area contributed by atoms with E-state index in [0.717, 1.165) is 0 Å². The fourth-order valence-corrected chi connectivity index (χ4v) is 2.79. The summed E-state index contributed by atoms with van der Waals surface area (Å²) < 4.78 is 27.1. The van der Waals surface area contributed by atoms with Crippen molar-refractivity contribution in [1.29, 1.82) is 0 Å². The van der Waals surface area contributed by atoms with Crippen molar-refractivity contribution in [3.63, 3.8) is 0 Å². The number of hydrogen-bond donors (Lipinski definition) is 2. The number of nitrogens with one attached hydrogen (secondary N) is 1. The van der Waals surface area contributed by atoms with Gasteiger partial charge < -0.3 is 5.11 Å². The van der Waals surface area contributed by atoms with Gasteiger partial charge in [0, 0.05) is 13.1 Å². The van der Waals surface area contributed by atoms with Crippen molar-refractivity contribution in [2.24, 2.45) is 0 Å². The largest absolute Gasteiger partial charge is 0.480 e. The van der Waals surface area contributed by atoms with Crippen LogP contribution in [0.2, 0.25) is 0 Å². The summed E-state index contributed by atoms with van der Waals surface area (Å²) in [5.41, 5.74) is -1.46. The molecule has 0 aromatic rings. The Morgan fingerprint density at radius 2 is 1.75 bits per heavy atom. The monoisotopic (exact) mass is 252 g/mol. The summed E-state index contributed by atoms with van der Waals surface area (Å²) in [6, 6.07) is 0. The number of aliphatic carboxylic acids is 1. The molecule has 0 radical (unpaired) electrons. The minimum absolute atomic E-state index is 0.183. The van der Waals surface area contributed by atoms with Crippen LogP contribution in [0.25, 0.3) is 0 Å². The molecule has 0 fully saturated rings. The van der Waals surface area contributed by atoms with Crippen LogP contribution in [-0.4, -0.2) is 42.4 Å². The maximum atomic E-state index is 11.8. The summed E-state index contributed by atoms with van der Waals surface area (Å²) in [6.45, 7) is 7.01. The van der Waals surface area contributed by atoms with Gasteiger partial charge in [-0.25, -0.2) is 0 Å². The van der Waals surface area contributed by atoms with Crippen LogP contribution in [0.15, 0.2) is 0 Å². The third kappa shape index (κ3) is 3.43. The molecule has 0 rings (SSSR count). The number of nitrogens with zero attached hydrogens (tertiary/aromatic N) is 1. The van der Waals surface area contributed by atoms with Gasteiger partial charge in [-0.3, -0.25) is 4.79 Å². The van der Waals surface area contributed by atoms with Gasteiger partial charge in [-0.05, 0) is 13.3 Å². The van der Waals surface area contributed by atoms with Crippen LogP contribution in [0.3, 0.4) is 0 Å². The second-order valence-corrected chi connectivity index (χ2v) is 5.35. The number of rotatable bonds is 7. The molecule has 0 amide bonds. The minimum Gasteiger partial charge on any atom is -0.480 e. The summed E-state index contributed by atoms with van der Waals surface area (Å²) >= 11 is 0. The predicted octanol–water partition coefficient (Wildman–Crippen LogP) is 0.416.